The monoisotopic (exact) mass is 310 g/mol. The maximum absolute atomic E-state index is 12.6. The van der Waals surface area contributed by atoms with Gasteiger partial charge in [0.15, 0.2) is 0 Å². The van der Waals surface area contributed by atoms with E-state index >= 15 is 0 Å². The number of nitrogens with zero attached hydrogens (tertiary/aromatic N) is 1. The van der Waals surface area contributed by atoms with E-state index in [0.717, 1.165) is 30.4 Å². The quantitative estimate of drug-likeness (QED) is 0.885. The second-order valence-electron chi connectivity index (χ2n) is 6.03. The van der Waals surface area contributed by atoms with Crippen LogP contribution >= 0.6 is 0 Å². The highest BCUT2D eigenvalue weighted by Gasteiger charge is 2.37. The van der Waals surface area contributed by atoms with Crippen LogP contribution in [0, 0.1) is 0 Å². The molecule has 5 nitrogen and oxygen atoms in total. The van der Waals surface area contributed by atoms with Crippen molar-refractivity contribution in [1.29, 1.82) is 0 Å². The van der Waals surface area contributed by atoms with Crippen LogP contribution in [0.2, 0.25) is 0 Å². The lowest BCUT2D eigenvalue weighted by molar-refractivity contribution is 0.149. The summed E-state index contributed by atoms with van der Waals surface area (Å²) < 4.78 is 29.5. The van der Waals surface area contributed by atoms with Crippen molar-refractivity contribution in [1.82, 2.24) is 9.03 Å². The molecule has 1 saturated heterocycles. The number of hydrogen-bond acceptors (Lipinski definition) is 3. The predicted molar refractivity (Wildman–Crippen MR) is 81.0 cm³/mol. The number of rotatable bonds is 3. The highest BCUT2D eigenvalue weighted by molar-refractivity contribution is 7.87. The molecular formula is C15H22N2O3S. The van der Waals surface area contributed by atoms with Gasteiger partial charge in [-0.1, -0.05) is 30.7 Å². The highest BCUT2D eigenvalue weighted by Crippen LogP contribution is 2.32. The second kappa shape index (κ2) is 5.68. The van der Waals surface area contributed by atoms with Gasteiger partial charge in [-0.25, -0.2) is 0 Å². The average molecular weight is 310 g/mol. The van der Waals surface area contributed by atoms with Gasteiger partial charge in [-0.05, 0) is 30.9 Å². The van der Waals surface area contributed by atoms with Crippen molar-refractivity contribution in [2.75, 3.05) is 6.54 Å². The molecule has 21 heavy (non-hydrogen) atoms. The Morgan fingerprint density at radius 2 is 2.05 bits per heavy atom. The number of piperidine rings is 1. The van der Waals surface area contributed by atoms with Crippen molar-refractivity contribution in [3.05, 3.63) is 35.4 Å². The molecule has 1 fully saturated rings. The van der Waals surface area contributed by atoms with Crippen molar-refractivity contribution in [3.8, 4) is 0 Å². The van der Waals surface area contributed by atoms with Crippen LogP contribution in [0.4, 0.5) is 0 Å². The van der Waals surface area contributed by atoms with Crippen LogP contribution in [0.15, 0.2) is 24.3 Å². The Hall–Kier alpha value is -0.950. The zero-order valence-corrected chi connectivity index (χ0v) is 13.0. The van der Waals surface area contributed by atoms with Gasteiger partial charge in [-0.2, -0.15) is 17.4 Å². The summed E-state index contributed by atoms with van der Waals surface area (Å²) in [5.41, 5.74) is 1.91. The summed E-state index contributed by atoms with van der Waals surface area (Å²) in [5, 5.41) is 10.2. The number of aliphatic hydroxyl groups is 1. The summed E-state index contributed by atoms with van der Waals surface area (Å²) in [6, 6.07) is 7.09. The van der Waals surface area contributed by atoms with Crippen molar-refractivity contribution in [3.63, 3.8) is 0 Å². The van der Waals surface area contributed by atoms with Gasteiger partial charge >= 0.3 is 0 Å². The van der Waals surface area contributed by atoms with Crippen molar-refractivity contribution in [2.45, 2.75) is 50.8 Å². The molecule has 2 aliphatic rings. The topological polar surface area (TPSA) is 69.6 Å². The minimum Gasteiger partial charge on any atom is -0.391 e. The Bertz CT molecular complexity index is 617. The molecule has 0 spiro atoms. The van der Waals surface area contributed by atoms with Crippen molar-refractivity contribution in [2.24, 2.45) is 0 Å². The summed E-state index contributed by atoms with van der Waals surface area (Å²) in [6.07, 6.45) is 2.66. The SMILES string of the molecule is CC1CCCCN1S(=O)(=O)N[C@@H]1c2ccccc2C[C@@H]1O. The second-order valence-corrected chi connectivity index (χ2v) is 7.68. The zero-order valence-electron chi connectivity index (χ0n) is 12.2. The largest absolute Gasteiger partial charge is 0.391 e. The third-order valence-corrected chi connectivity index (χ3v) is 6.24. The first-order valence-corrected chi connectivity index (χ1v) is 8.98. The van der Waals surface area contributed by atoms with E-state index in [1.807, 2.05) is 31.2 Å². The van der Waals surface area contributed by atoms with E-state index in [2.05, 4.69) is 4.72 Å². The molecule has 0 saturated carbocycles. The molecule has 1 heterocycles. The van der Waals surface area contributed by atoms with Crippen LogP contribution in [0.3, 0.4) is 0 Å². The van der Waals surface area contributed by atoms with E-state index in [4.69, 9.17) is 0 Å². The molecule has 0 radical (unpaired) electrons. The lowest BCUT2D eigenvalue weighted by Crippen LogP contribution is -2.49. The lowest BCUT2D eigenvalue weighted by Gasteiger charge is -2.33. The van der Waals surface area contributed by atoms with E-state index in [1.165, 1.54) is 4.31 Å². The molecule has 0 amide bonds. The minimum absolute atomic E-state index is 0.0186. The van der Waals surface area contributed by atoms with E-state index in [0.29, 0.717) is 13.0 Å². The zero-order chi connectivity index (χ0) is 15.0. The number of benzene rings is 1. The van der Waals surface area contributed by atoms with E-state index in [-0.39, 0.29) is 6.04 Å². The maximum Gasteiger partial charge on any atom is 0.280 e. The van der Waals surface area contributed by atoms with Gasteiger partial charge in [0.05, 0.1) is 12.1 Å². The molecule has 0 aromatic heterocycles. The Labute approximate surface area is 126 Å². The molecule has 2 N–H and O–H groups in total. The van der Waals surface area contributed by atoms with E-state index in [9.17, 15) is 13.5 Å². The van der Waals surface area contributed by atoms with Crippen LogP contribution in [-0.2, 0) is 16.6 Å². The molecule has 3 rings (SSSR count). The fourth-order valence-corrected chi connectivity index (χ4v) is 5.06. The van der Waals surface area contributed by atoms with Gasteiger partial charge in [0, 0.05) is 19.0 Å². The van der Waals surface area contributed by atoms with E-state index in [1.54, 1.807) is 0 Å². The number of fused-ring (bicyclic) bond motifs is 1. The van der Waals surface area contributed by atoms with Gasteiger partial charge in [0.2, 0.25) is 0 Å². The Morgan fingerprint density at radius 1 is 1.29 bits per heavy atom. The molecule has 1 aromatic rings. The Kier molecular flexibility index (Phi) is 4.05. The van der Waals surface area contributed by atoms with Gasteiger partial charge < -0.3 is 5.11 Å². The molecule has 116 valence electrons. The first kappa shape index (κ1) is 15.0. The fourth-order valence-electron chi connectivity index (χ4n) is 3.37. The van der Waals surface area contributed by atoms with E-state index < -0.39 is 22.4 Å². The smallest absolute Gasteiger partial charge is 0.280 e. The molecule has 1 unspecified atom stereocenters. The molecule has 3 atom stereocenters. The predicted octanol–water partition coefficient (Wildman–Crippen LogP) is 1.35. The third-order valence-electron chi connectivity index (χ3n) is 4.53. The van der Waals surface area contributed by atoms with Crippen LogP contribution < -0.4 is 4.72 Å². The highest BCUT2D eigenvalue weighted by atomic mass is 32.2. The fraction of sp³-hybridized carbons (Fsp3) is 0.600. The number of nitrogens with one attached hydrogen (secondary N) is 1. The van der Waals surface area contributed by atoms with Gasteiger partial charge in [0.1, 0.15) is 0 Å². The van der Waals surface area contributed by atoms with Crippen LogP contribution in [0.5, 0.6) is 0 Å². The van der Waals surface area contributed by atoms with Crippen molar-refractivity contribution < 1.29 is 13.5 Å². The summed E-state index contributed by atoms with van der Waals surface area (Å²) in [4.78, 5) is 0. The molecule has 1 aliphatic heterocycles. The van der Waals surface area contributed by atoms with Crippen LogP contribution in [0.25, 0.3) is 0 Å². The summed E-state index contributed by atoms with van der Waals surface area (Å²) >= 11 is 0. The summed E-state index contributed by atoms with van der Waals surface area (Å²) in [5.74, 6) is 0. The average Bonchev–Trinajstić information content (AvgIpc) is 2.75. The normalized spacial score (nSPS) is 30.3. The Balaban J connectivity index is 1.82. The summed E-state index contributed by atoms with van der Waals surface area (Å²) in [6.45, 7) is 2.50. The first-order chi connectivity index (χ1) is 9.99. The van der Waals surface area contributed by atoms with Crippen molar-refractivity contribution >= 4 is 10.2 Å². The molecular weight excluding hydrogens is 288 g/mol. The summed E-state index contributed by atoms with van der Waals surface area (Å²) in [7, 11) is -3.57. The Morgan fingerprint density at radius 3 is 2.81 bits per heavy atom. The standard InChI is InChI=1S/C15H22N2O3S/c1-11-6-4-5-9-17(11)21(19,20)16-15-13-8-3-2-7-12(13)10-14(15)18/h2-3,7-8,11,14-16,18H,4-6,9-10H2,1H3/t11?,14-,15+/m0/s1. The van der Waals surface area contributed by atoms with Gasteiger partial charge in [-0.15, -0.1) is 0 Å². The lowest BCUT2D eigenvalue weighted by atomic mass is 10.1. The van der Waals surface area contributed by atoms with Gasteiger partial charge in [-0.3, -0.25) is 0 Å². The van der Waals surface area contributed by atoms with Crippen LogP contribution in [-0.4, -0.2) is 36.5 Å². The molecule has 6 heteroatoms. The first-order valence-electron chi connectivity index (χ1n) is 7.54. The van der Waals surface area contributed by atoms with Crippen LogP contribution in [0.1, 0.15) is 43.4 Å². The number of aliphatic hydroxyl groups excluding tert-OH is 1. The third kappa shape index (κ3) is 2.85. The molecule has 0 bridgehead atoms. The maximum atomic E-state index is 12.6. The number of hydrogen-bond donors (Lipinski definition) is 2. The minimum atomic E-state index is -3.57. The molecule has 1 aromatic carbocycles. The molecule has 1 aliphatic carbocycles. The van der Waals surface area contributed by atoms with Gasteiger partial charge in [0.25, 0.3) is 10.2 Å².